The van der Waals surface area contributed by atoms with Crippen LogP contribution in [0.25, 0.3) is 0 Å². The van der Waals surface area contributed by atoms with E-state index in [2.05, 4.69) is 62.5 Å². The van der Waals surface area contributed by atoms with Crippen molar-refractivity contribution in [3.05, 3.63) is 48.6 Å². The molecule has 11 heteroatoms. The van der Waals surface area contributed by atoms with E-state index < -0.39 is 67.4 Å². The van der Waals surface area contributed by atoms with E-state index in [1.165, 1.54) is 193 Å². The number of nitrogens with one attached hydrogen (secondary N) is 1. The Morgan fingerprint density at radius 1 is 0.481 bits per heavy atom. The first kappa shape index (κ1) is 76.6. The molecule has 1 amide bonds. The Hall–Kier alpha value is -2.38. The van der Waals surface area contributed by atoms with Crippen molar-refractivity contribution in [1.29, 1.82) is 0 Å². The maximum absolute atomic E-state index is 13.5. The first-order valence-electron chi connectivity index (χ1n) is 34.4. The van der Waals surface area contributed by atoms with Crippen molar-refractivity contribution < 1.29 is 49.3 Å². The van der Waals surface area contributed by atoms with Gasteiger partial charge in [0.1, 0.15) is 24.4 Å². The Labute approximate surface area is 497 Å². The fourth-order valence-corrected chi connectivity index (χ4v) is 10.8. The fraction of sp³-hybridized carbons (Fsp3) is 0.857. The number of carbonyl (C=O) groups is 2. The molecule has 0 aromatic carbocycles. The van der Waals surface area contributed by atoms with Crippen LogP contribution in [0.15, 0.2) is 48.6 Å². The Balaban J connectivity index is 2.63. The lowest BCUT2D eigenvalue weighted by Gasteiger charge is -2.41. The molecule has 1 aliphatic heterocycles. The summed E-state index contributed by atoms with van der Waals surface area (Å²) < 4.78 is 17.7. The Bertz CT molecular complexity index is 1500. The van der Waals surface area contributed by atoms with E-state index >= 15 is 0 Å². The minimum Gasteiger partial charge on any atom is -0.454 e. The van der Waals surface area contributed by atoms with Gasteiger partial charge in [0.2, 0.25) is 5.91 Å². The van der Waals surface area contributed by atoms with Gasteiger partial charge >= 0.3 is 5.97 Å². The number of hydrogen-bond donors (Lipinski definition) is 6. The van der Waals surface area contributed by atoms with E-state index in [9.17, 15) is 35.1 Å². The van der Waals surface area contributed by atoms with Crippen LogP contribution in [0.2, 0.25) is 0 Å². The predicted molar refractivity (Wildman–Crippen MR) is 338 cm³/mol. The summed E-state index contributed by atoms with van der Waals surface area (Å²) in [4.78, 5) is 26.6. The topological polar surface area (TPSA) is 175 Å². The SMILES string of the molecule is CCCCC/C=C\C/C=C\C/C=C\CCCCCCCCCCC(=O)OC1C(OCC(NC(=O)C(O)CCCCCCCCCCCCCCCCCCCC)C(O)/C=C/CCCCCCCCCCCCC)OC(CO)C(O)C1O. The standard InChI is InChI=1S/C70H129NO10/c1-4-7-10-13-16-19-22-25-27-29-31-32-33-35-37-40-43-46-49-52-55-58-65(75)81-68-67(77)66(76)64(59-72)80-70(68)79-60-61(62(73)56-53-50-47-44-41-38-24-21-18-15-12-9-6-3)71-69(78)63(74)57-54-51-48-45-42-39-36-34-30-28-26-23-20-17-14-11-8-5-2/h16,19,25,27,31-32,53,56,61-64,66-68,70,72-74,76-77H,4-15,17-18,20-24,26,28-30,33-52,54-55,57-60H2,1-3H3,(H,71,78)/b19-16-,27-25-,32-31-,56-53+. The molecule has 0 aliphatic carbocycles. The summed E-state index contributed by atoms with van der Waals surface area (Å²) in [6, 6.07) is -1.02. The Kier molecular flexibility index (Phi) is 54.9. The average molecular weight is 1140 g/mol. The summed E-state index contributed by atoms with van der Waals surface area (Å²) in [6.45, 7) is 5.80. The molecule has 0 spiro atoms. The van der Waals surface area contributed by atoms with Gasteiger partial charge in [-0.25, -0.2) is 0 Å². The molecular weight excluding hydrogens is 1010 g/mol. The number of ether oxygens (including phenoxy) is 3. The van der Waals surface area contributed by atoms with Crippen molar-refractivity contribution in [3.8, 4) is 0 Å². The number of carbonyl (C=O) groups excluding carboxylic acids is 2. The number of rotatable bonds is 59. The molecule has 6 N–H and O–H groups in total. The number of allylic oxidation sites excluding steroid dienone is 7. The summed E-state index contributed by atoms with van der Waals surface area (Å²) >= 11 is 0. The number of unbranched alkanes of at least 4 members (excludes halogenated alkanes) is 39. The molecule has 8 unspecified atom stereocenters. The van der Waals surface area contributed by atoms with Gasteiger partial charge in [-0.3, -0.25) is 9.59 Å². The molecule has 1 aliphatic rings. The van der Waals surface area contributed by atoms with E-state index in [1.54, 1.807) is 6.08 Å². The zero-order valence-electron chi connectivity index (χ0n) is 52.7. The highest BCUT2D eigenvalue weighted by molar-refractivity contribution is 5.80. The number of aliphatic hydroxyl groups excluding tert-OH is 5. The van der Waals surface area contributed by atoms with Crippen LogP contribution in [-0.4, -0.2) is 99.6 Å². The van der Waals surface area contributed by atoms with Crippen molar-refractivity contribution in [3.63, 3.8) is 0 Å². The third-order valence-corrected chi connectivity index (χ3v) is 16.2. The third kappa shape index (κ3) is 45.6. The smallest absolute Gasteiger partial charge is 0.306 e. The third-order valence-electron chi connectivity index (χ3n) is 16.2. The van der Waals surface area contributed by atoms with Gasteiger partial charge in [0.15, 0.2) is 12.4 Å². The molecule has 1 rings (SSSR count). The van der Waals surface area contributed by atoms with Crippen LogP contribution in [0.4, 0.5) is 0 Å². The molecule has 1 heterocycles. The van der Waals surface area contributed by atoms with Gasteiger partial charge in [-0.1, -0.05) is 301 Å². The van der Waals surface area contributed by atoms with Gasteiger partial charge < -0.3 is 45.1 Å². The molecular formula is C70H129NO10. The Morgan fingerprint density at radius 2 is 0.852 bits per heavy atom. The molecule has 8 atom stereocenters. The zero-order chi connectivity index (χ0) is 58.9. The van der Waals surface area contributed by atoms with Crippen molar-refractivity contribution in [1.82, 2.24) is 5.32 Å². The second kappa shape index (κ2) is 58.0. The second-order valence-corrected chi connectivity index (χ2v) is 23.9. The molecule has 474 valence electrons. The first-order chi connectivity index (χ1) is 39.7. The minimum atomic E-state index is -1.62. The van der Waals surface area contributed by atoms with E-state index in [0.717, 1.165) is 83.5 Å². The highest BCUT2D eigenvalue weighted by Crippen LogP contribution is 2.26. The highest BCUT2D eigenvalue weighted by atomic mass is 16.7. The van der Waals surface area contributed by atoms with E-state index in [-0.39, 0.29) is 13.0 Å². The lowest BCUT2D eigenvalue weighted by atomic mass is 9.99. The summed E-state index contributed by atoms with van der Waals surface area (Å²) in [5.74, 6) is -1.19. The average Bonchev–Trinajstić information content (AvgIpc) is 3.53. The number of aliphatic hydroxyl groups is 5. The zero-order valence-corrected chi connectivity index (χ0v) is 52.7. The van der Waals surface area contributed by atoms with Crippen molar-refractivity contribution in [2.24, 2.45) is 0 Å². The monoisotopic (exact) mass is 1140 g/mol. The normalized spacial score (nSPS) is 18.9. The van der Waals surface area contributed by atoms with Crippen LogP contribution >= 0.6 is 0 Å². The van der Waals surface area contributed by atoms with Gasteiger partial charge in [-0.2, -0.15) is 0 Å². The maximum atomic E-state index is 13.5. The lowest BCUT2D eigenvalue weighted by molar-refractivity contribution is -0.305. The molecule has 1 saturated heterocycles. The summed E-state index contributed by atoms with van der Waals surface area (Å²) in [5.41, 5.74) is 0. The first-order valence-corrected chi connectivity index (χ1v) is 34.4. The van der Waals surface area contributed by atoms with E-state index in [0.29, 0.717) is 19.3 Å². The lowest BCUT2D eigenvalue weighted by Crippen LogP contribution is -2.61. The second-order valence-electron chi connectivity index (χ2n) is 23.9. The van der Waals surface area contributed by atoms with E-state index in [4.69, 9.17) is 14.2 Å². The van der Waals surface area contributed by atoms with Gasteiger partial charge in [-0.05, 0) is 64.2 Å². The summed E-state index contributed by atoms with van der Waals surface area (Å²) in [5, 5.41) is 57.2. The maximum Gasteiger partial charge on any atom is 0.306 e. The molecule has 1 fully saturated rings. The van der Waals surface area contributed by atoms with Crippen LogP contribution < -0.4 is 5.32 Å². The Morgan fingerprint density at radius 3 is 1.30 bits per heavy atom. The fourth-order valence-electron chi connectivity index (χ4n) is 10.8. The molecule has 0 aromatic heterocycles. The number of hydrogen-bond acceptors (Lipinski definition) is 10. The molecule has 81 heavy (non-hydrogen) atoms. The highest BCUT2D eigenvalue weighted by Gasteiger charge is 2.47. The van der Waals surface area contributed by atoms with Crippen molar-refractivity contribution in [2.75, 3.05) is 13.2 Å². The molecule has 0 radical (unpaired) electrons. The minimum absolute atomic E-state index is 0.116. The summed E-state index contributed by atoms with van der Waals surface area (Å²) in [7, 11) is 0. The van der Waals surface area contributed by atoms with Crippen LogP contribution in [0, 0.1) is 0 Å². The van der Waals surface area contributed by atoms with Crippen LogP contribution in [0.1, 0.15) is 323 Å². The van der Waals surface area contributed by atoms with Gasteiger partial charge in [-0.15, -0.1) is 0 Å². The molecule has 11 nitrogen and oxygen atoms in total. The van der Waals surface area contributed by atoms with Crippen molar-refractivity contribution >= 4 is 11.9 Å². The van der Waals surface area contributed by atoms with Gasteiger partial charge in [0.25, 0.3) is 0 Å². The molecule has 0 bridgehead atoms. The van der Waals surface area contributed by atoms with Gasteiger partial charge in [0, 0.05) is 6.42 Å². The van der Waals surface area contributed by atoms with Crippen LogP contribution in [0.5, 0.6) is 0 Å². The number of esters is 1. The van der Waals surface area contributed by atoms with Crippen LogP contribution in [0.3, 0.4) is 0 Å². The quantitative estimate of drug-likeness (QED) is 0.0195. The predicted octanol–water partition coefficient (Wildman–Crippen LogP) is 17.2. The van der Waals surface area contributed by atoms with Gasteiger partial charge in [0.05, 0.1) is 25.4 Å². The molecule has 0 saturated carbocycles. The van der Waals surface area contributed by atoms with E-state index in [1.807, 2.05) is 6.08 Å². The molecule has 0 aromatic rings. The largest absolute Gasteiger partial charge is 0.454 e. The number of amides is 1. The van der Waals surface area contributed by atoms with Crippen molar-refractivity contribution in [2.45, 2.75) is 372 Å². The van der Waals surface area contributed by atoms with Crippen LogP contribution in [-0.2, 0) is 23.8 Å². The summed E-state index contributed by atoms with van der Waals surface area (Å²) in [6.07, 6.45) is 61.4.